The van der Waals surface area contributed by atoms with Crippen molar-refractivity contribution in [1.82, 2.24) is 0 Å². The molecule has 1 nitrogen and oxygen atoms in total. The smallest absolute Gasteiger partial charge is 0.142 e. The number of halogens is 2. The number of alkyl halides is 1. The van der Waals surface area contributed by atoms with Crippen LogP contribution in [0.15, 0.2) is 17.5 Å². The number of rotatable bonds is 1. The van der Waals surface area contributed by atoms with Crippen LogP contribution >= 0.6 is 27.3 Å². The quantitative estimate of drug-likeness (QED) is 0.616. The summed E-state index contributed by atoms with van der Waals surface area (Å²) >= 11 is 4.67. The molecule has 0 unspecified atom stereocenters. The molecule has 0 amide bonds. The largest absolute Gasteiger partial charge is 0.398 e. The number of hydrogen-bond donors (Lipinski definition) is 1. The van der Waals surface area contributed by atoms with Gasteiger partial charge in [-0.3, -0.25) is 0 Å². The molecule has 0 saturated carbocycles. The van der Waals surface area contributed by atoms with Gasteiger partial charge < -0.3 is 5.73 Å². The summed E-state index contributed by atoms with van der Waals surface area (Å²) in [7, 11) is 0. The number of anilines is 1. The fourth-order valence-corrected chi connectivity index (χ4v) is 2.67. The fraction of sp³-hybridized carbons (Fsp3) is 0.111. The summed E-state index contributed by atoms with van der Waals surface area (Å²) < 4.78 is 14.1. The normalized spacial score (nSPS) is 10.9. The minimum atomic E-state index is -0.179. The standard InChI is InChI=1S/C9H7BrFNS/c10-3-5-1-2-7(12)9-8(5)6(11)4-13-9/h1-2,4H,3,12H2. The zero-order valence-corrected chi connectivity index (χ0v) is 9.08. The Hall–Kier alpha value is -0.610. The molecule has 1 aromatic carbocycles. The van der Waals surface area contributed by atoms with Gasteiger partial charge in [-0.1, -0.05) is 22.0 Å². The first-order valence-corrected chi connectivity index (χ1v) is 5.74. The van der Waals surface area contributed by atoms with Crippen LogP contribution in [0.4, 0.5) is 10.1 Å². The van der Waals surface area contributed by atoms with Gasteiger partial charge >= 0.3 is 0 Å². The van der Waals surface area contributed by atoms with Crippen LogP contribution in [-0.4, -0.2) is 0 Å². The van der Waals surface area contributed by atoms with Crippen molar-refractivity contribution < 1.29 is 4.39 Å². The first-order valence-electron chi connectivity index (χ1n) is 3.74. The monoisotopic (exact) mass is 259 g/mol. The van der Waals surface area contributed by atoms with Crippen LogP contribution in [0.3, 0.4) is 0 Å². The Kier molecular flexibility index (Phi) is 2.26. The minimum Gasteiger partial charge on any atom is -0.398 e. The highest BCUT2D eigenvalue weighted by molar-refractivity contribution is 9.08. The van der Waals surface area contributed by atoms with E-state index in [0.29, 0.717) is 16.4 Å². The zero-order chi connectivity index (χ0) is 9.42. The Labute approximate surface area is 87.5 Å². The summed E-state index contributed by atoms with van der Waals surface area (Å²) in [5.74, 6) is -0.179. The van der Waals surface area contributed by atoms with Crippen molar-refractivity contribution in [3.63, 3.8) is 0 Å². The van der Waals surface area contributed by atoms with Crippen LogP contribution in [0.25, 0.3) is 10.1 Å². The molecule has 0 aliphatic rings. The van der Waals surface area contributed by atoms with Gasteiger partial charge in [0.1, 0.15) is 5.82 Å². The predicted molar refractivity (Wildman–Crippen MR) is 58.8 cm³/mol. The number of nitrogen functional groups attached to an aromatic ring is 1. The highest BCUT2D eigenvalue weighted by Gasteiger charge is 2.09. The first-order chi connectivity index (χ1) is 6.24. The Balaban J connectivity index is 2.88. The van der Waals surface area contributed by atoms with Crippen LogP contribution in [0.2, 0.25) is 0 Å². The Morgan fingerprint density at radius 3 is 2.92 bits per heavy atom. The molecule has 0 saturated heterocycles. The highest BCUT2D eigenvalue weighted by Crippen LogP contribution is 2.33. The van der Waals surface area contributed by atoms with Crippen LogP contribution < -0.4 is 5.73 Å². The third-order valence-electron chi connectivity index (χ3n) is 1.94. The molecule has 0 fully saturated rings. The van der Waals surface area contributed by atoms with E-state index >= 15 is 0 Å². The van der Waals surface area contributed by atoms with E-state index in [1.807, 2.05) is 12.1 Å². The summed E-state index contributed by atoms with van der Waals surface area (Å²) in [5, 5.41) is 2.80. The zero-order valence-electron chi connectivity index (χ0n) is 6.68. The summed E-state index contributed by atoms with van der Waals surface area (Å²) in [6, 6.07) is 3.66. The van der Waals surface area contributed by atoms with Gasteiger partial charge in [-0.25, -0.2) is 4.39 Å². The summed E-state index contributed by atoms with van der Waals surface area (Å²) in [6.45, 7) is 0. The Morgan fingerprint density at radius 2 is 2.23 bits per heavy atom. The number of fused-ring (bicyclic) bond motifs is 1. The van der Waals surface area contributed by atoms with E-state index in [9.17, 15) is 4.39 Å². The van der Waals surface area contributed by atoms with Gasteiger partial charge in [0.2, 0.25) is 0 Å². The van der Waals surface area contributed by atoms with Crippen molar-refractivity contribution in [2.24, 2.45) is 0 Å². The van der Waals surface area contributed by atoms with Gasteiger partial charge in [0.25, 0.3) is 0 Å². The lowest BCUT2D eigenvalue weighted by Crippen LogP contribution is -1.87. The maximum Gasteiger partial charge on any atom is 0.142 e. The molecule has 13 heavy (non-hydrogen) atoms. The van der Waals surface area contributed by atoms with E-state index in [-0.39, 0.29) is 5.82 Å². The van der Waals surface area contributed by atoms with Gasteiger partial charge in [-0.2, -0.15) is 0 Å². The van der Waals surface area contributed by atoms with Crippen molar-refractivity contribution >= 4 is 43.0 Å². The Morgan fingerprint density at radius 1 is 1.46 bits per heavy atom. The number of hydrogen-bond acceptors (Lipinski definition) is 2. The van der Waals surface area contributed by atoms with E-state index in [1.165, 1.54) is 16.7 Å². The van der Waals surface area contributed by atoms with E-state index < -0.39 is 0 Å². The lowest BCUT2D eigenvalue weighted by atomic mass is 10.1. The average Bonchev–Trinajstić information content (AvgIpc) is 2.51. The number of benzene rings is 1. The molecule has 0 radical (unpaired) electrons. The summed E-state index contributed by atoms with van der Waals surface area (Å²) in [6.07, 6.45) is 0. The van der Waals surface area contributed by atoms with Crippen molar-refractivity contribution in [2.45, 2.75) is 5.33 Å². The van der Waals surface area contributed by atoms with Crippen molar-refractivity contribution in [3.8, 4) is 0 Å². The SMILES string of the molecule is Nc1ccc(CBr)c2c(F)csc12. The summed E-state index contributed by atoms with van der Waals surface area (Å²) in [5.41, 5.74) is 7.32. The van der Waals surface area contributed by atoms with Crippen LogP contribution in [0.1, 0.15) is 5.56 Å². The molecule has 0 bridgehead atoms. The molecule has 2 aromatic rings. The van der Waals surface area contributed by atoms with Crippen LogP contribution in [0.5, 0.6) is 0 Å². The minimum absolute atomic E-state index is 0.179. The third-order valence-corrected chi connectivity index (χ3v) is 3.54. The molecular weight excluding hydrogens is 253 g/mol. The predicted octanol–water partition coefficient (Wildman–Crippen LogP) is 3.52. The maximum atomic E-state index is 13.3. The molecule has 0 atom stereocenters. The van der Waals surface area contributed by atoms with Gasteiger partial charge in [0.05, 0.1) is 4.70 Å². The number of thiophene rings is 1. The van der Waals surface area contributed by atoms with E-state index in [4.69, 9.17) is 5.73 Å². The van der Waals surface area contributed by atoms with E-state index in [1.54, 1.807) is 0 Å². The molecule has 1 aromatic heterocycles. The molecule has 2 N–H and O–H groups in total. The topological polar surface area (TPSA) is 26.0 Å². The second-order valence-electron chi connectivity index (χ2n) is 2.74. The summed E-state index contributed by atoms with van der Waals surface area (Å²) in [4.78, 5) is 0. The molecule has 0 aliphatic carbocycles. The van der Waals surface area contributed by atoms with Gasteiger partial charge in [-0.15, -0.1) is 11.3 Å². The fourth-order valence-electron chi connectivity index (χ4n) is 1.31. The third kappa shape index (κ3) is 1.34. The Bertz CT molecular complexity index is 452. The lowest BCUT2D eigenvalue weighted by molar-refractivity contribution is 0.643. The molecule has 4 heteroatoms. The van der Waals surface area contributed by atoms with Gasteiger partial charge in [0.15, 0.2) is 0 Å². The second-order valence-corrected chi connectivity index (χ2v) is 4.18. The number of nitrogens with two attached hydrogens (primary N) is 1. The highest BCUT2D eigenvalue weighted by atomic mass is 79.9. The van der Waals surface area contributed by atoms with Gasteiger partial charge in [0, 0.05) is 21.8 Å². The lowest BCUT2D eigenvalue weighted by Gasteiger charge is -2.01. The first kappa shape index (κ1) is 8.97. The van der Waals surface area contributed by atoms with Crippen molar-refractivity contribution in [1.29, 1.82) is 0 Å². The van der Waals surface area contributed by atoms with Crippen LogP contribution in [0, 0.1) is 5.82 Å². The van der Waals surface area contributed by atoms with Crippen molar-refractivity contribution in [3.05, 3.63) is 28.9 Å². The molecule has 0 spiro atoms. The molecule has 0 aliphatic heterocycles. The van der Waals surface area contributed by atoms with Gasteiger partial charge in [-0.05, 0) is 11.6 Å². The second kappa shape index (κ2) is 3.27. The molecule has 2 rings (SSSR count). The average molecular weight is 260 g/mol. The van der Waals surface area contributed by atoms with Crippen LogP contribution in [-0.2, 0) is 5.33 Å². The van der Waals surface area contributed by atoms with Crippen molar-refractivity contribution in [2.75, 3.05) is 5.73 Å². The van der Waals surface area contributed by atoms with E-state index in [0.717, 1.165) is 10.3 Å². The molecule has 1 heterocycles. The molecule has 68 valence electrons. The van der Waals surface area contributed by atoms with E-state index in [2.05, 4.69) is 15.9 Å². The maximum absolute atomic E-state index is 13.3. The molecular formula is C9H7BrFNS.